The quantitative estimate of drug-likeness (QED) is 0.591. The lowest BCUT2D eigenvalue weighted by atomic mass is 9.96. The summed E-state index contributed by atoms with van der Waals surface area (Å²) in [7, 11) is 0. The zero-order valence-corrected chi connectivity index (χ0v) is 12.6. The molecule has 1 heteroatoms. The van der Waals surface area contributed by atoms with Crippen molar-refractivity contribution in [2.75, 3.05) is 0 Å². The first-order valence-electron chi connectivity index (χ1n) is 9.07. The molecule has 0 aliphatic carbocycles. The van der Waals surface area contributed by atoms with Gasteiger partial charge in [-0.25, -0.2) is 0 Å². The van der Waals surface area contributed by atoms with Crippen molar-refractivity contribution in [3.05, 3.63) is 65.4 Å². The summed E-state index contributed by atoms with van der Waals surface area (Å²) in [4.78, 5) is 4.54. The molecule has 3 rings (SSSR count). The maximum absolute atomic E-state index is 8.29. The molecule has 0 aliphatic rings. The van der Waals surface area contributed by atoms with E-state index >= 15 is 0 Å². The Hall–Kier alpha value is -2.15. The Morgan fingerprint density at radius 1 is 1.05 bits per heavy atom. The van der Waals surface area contributed by atoms with Crippen LogP contribution in [-0.2, 0) is 0 Å². The molecular weight excluding hydrogens is 254 g/mol. The minimum absolute atomic E-state index is 0.484. The van der Waals surface area contributed by atoms with E-state index in [1.807, 2.05) is 12.1 Å². The molecule has 1 aromatic heterocycles. The van der Waals surface area contributed by atoms with Crippen LogP contribution in [0, 0.1) is 13.8 Å². The van der Waals surface area contributed by atoms with Crippen molar-refractivity contribution in [3.8, 4) is 11.3 Å². The summed E-state index contributed by atoms with van der Waals surface area (Å²) < 4.78 is 31.2. The second-order valence-electron chi connectivity index (χ2n) is 5.60. The van der Waals surface area contributed by atoms with Crippen LogP contribution in [0.25, 0.3) is 22.0 Å². The molecule has 1 nitrogen and oxygen atoms in total. The van der Waals surface area contributed by atoms with Crippen LogP contribution >= 0.6 is 0 Å². The zero-order valence-electron chi connectivity index (χ0n) is 16.6. The minimum atomic E-state index is -2.38. The lowest BCUT2D eigenvalue weighted by molar-refractivity contribution is 0.869. The molecular formula is C20H21N. The summed E-state index contributed by atoms with van der Waals surface area (Å²) in [5, 5.41) is 1.85. The van der Waals surface area contributed by atoms with Gasteiger partial charge in [-0.05, 0) is 48.9 Å². The van der Waals surface area contributed by atoms with Gasteiger partial charge in [0, 0.05) is 22.6 Å². The SMILES string of the molecule is [2H]C([2H])([2H])C([2H])(C)c1ccc2c(-c3cc(C)cc(C)c3)nccc2c1. The van der Waals surface area contributed by atoms with Crippen molar-refractivity contribution < 1.29 is 5.48 Å². The number of rotatable bonds is 2. The third kappa shape index (κ3) is 2.69. The van der Waals surface area contributed by atoms with Crippen LogP contribution in [-0.4, -0.2) is 4.98 Å². The smallest absolute Gasteiger partial charge is 0.0780 e. The standard InChI is InChI=1S/C20H21N/c1-13(2)16-5-6-19-17(12-16)7-8-21-20(19)18-10-14(3)9-15(4)11-18/h5-13H,1-4H3/i1D3,13D. The number of aromatic nitrogens is 1. The Kier molecular flexibility index (Phi) is 2.47. The fourth-order valence-electron chi connectivity index (χ4n) is 2.75. The normalized spacial score (nSPS) is 17.5. The molecule has 0 aliphatic heterocycles. The van der Waals surface area contributed by atoms with E-state index in [0.717, 1.165) is 22.0 Å². The number of hydrogen-bond donors (Lipinski definition) is 0. The lowest BCUT2D eigenvalue weighted by Gasteiger charge is -2.11. The molecule has 2 aromatic carbocycles. The highest BCUT2D eigenvalue weighted by Crippen LogP contribution is 2.29. The van der Waals surface area contributed by atoms with Gasteiger partial charge >= 0.3 is 0 Å². The zero-order chi connectivity index (χ0) is 18.4. The van der Waals surface area contributed by atoms with E-state index in [0.29, 0.717) is 5.56 Å². The van der Waals surface area contributed by atoms with Crippen molar-refractivity contribution in [2.24, 2.45) is 0 Å². The van der Waals surface area contributed by atoms with Crippen LogP contribution in [0.2, 0.25) is 0 Å². The average molecular weight is 279 g/mol. The fraction of sp³-hybridized carbons (Fsp3) is 0.250. The van der Waals surface area contributed by atoms with Crippen molar-refractivity contribution in [1.29, 1.82) is 0 Å². The van der Waals surface area contributed by atoms with Gasteiger partial charge in [0.25, 0.3) is 0 Å². The van der Waals surface area contributed by atoms with E-state index in [4.69, 9.17) is 5.48 Å². The molecule has 0 spiro atoms. The van der Waals surface area contributed by atoms with Gasteiger partial charge in [-0.2, -0.15) is 0 Å². The molecule has 21 heavy (non-hydrogen) atoms. The highest BCUT2D eigenvalue weighted by molar-refractivity contribution is 5.95. The fourth-order valence-corrected chi connectivity index (χ4v) is 2.75. The minimum Gasteiger partial charge on any atom is -0.256 e. The molecule has 0 amide bonds. The predicted octanol–water partition coefficient (Wildman–Crippen LogP) is 5.64. The van der Waals surface area contributed by atoms with Crippen molar-refractivity contribution in [3.63, 3.8) is 0 Å². The Morgan fingerprint density at radius 3 is 2.52 bits per heavy atom. The maximum Gasteiger partial charge on any atom is 0.0780 e. The summed E-state index contributed by atoms with van der Waals surface area (Å²) in [6.07, 6.45) is 1.73. The van der Waals surface area contributed by atoms with Gasteiger partial charge in [-0.1, -0.05) is 49.2 Å². The third-order valence-electron chi connectivity index (χ3n) is 3.69. The molecule has 106 valence electrons. The first-order chi connectivity index (χ1) is 11.6. The van der Waals surface area contributed by atoms with Crippen molar-refractivity contribution >= 4 is 10.8 Å². The average Bonchev–Trinajstić information content (AvgIpc) is 2.51. The predicted molar refractivity (Wildman–Crippen MR) is 90.7 cm³/mol. The van der Waals surface area contributed by atoms with Crippen LogP contribution < -0.4 is 0 Å². The summed E-state index contributed by atoms with van der Waals surface area (Å²) in [5.41, 5.74) is 4.74. The number of benzene rings is 2. The second-order valence-corrected chi connectivity index (χ2v) is 5.60. The van der Waals surface area contributed by atoms with E-state index in [9.17, 15) is 0 Å². The molecule has 0 bridgehead atoms. The van der Waals surface area contributed by atoms with Crippen LogP contribution in [0.3, 0.4) is 0 Å². The first kappa shape index (κ1) is 9.73. The topological polar surface area (TPSA) is 12.9 Å². The van der Waals surface area contributed by atoms with Gasteiger partial charge < -0.3 is 0 Å². The summed E-state index contributed by atoms with van der Waals surface area (Å²) in [6.45, 7) is 3.17. The maximum atomic E-state index is 8.29. The first-order valence-corrected chi connectivity index (χ1v) is 7.07. The highest BCUT2D eigenvalue weighted by atomic mass is 14.7. The van der Waals surface area contributed by atoms with E-state index in [1.165, 1.54) is 18.1 Å². The van der Waals surface area contributed by atoms with Crippen molar-refractivity contribution in [2.45, 2.75) is 33.5 Å². The molecule has 3 aromatic rings. The Bertz CT molecular complexity index is 922. The molecule has 0 fully saturated rings. The van der Waals surface area contributed by atoms with Crippen LogP contribution in [0.1, 0.15) is 41.8 Å². The largest absolute Gasteiger partial charge is 0.256 e. The van der Waals surface area contributed by atoms with Crippen molar-refractivity contribution in [1.82, 2.24) is 4.98 Å². The summed E-state index contributed by atoms with van der Waals surface area (Å²) in [6, 6.07) is 13.6. The third-order valence-corrected chi connectivity index (χ3v) is 3.69. The molecule has 1 heterocycles. The number of nitrogens with zero attached hydrogens (tertiary/aromatic N) is 1. The number of hydrogen-bond acceptors (Lipinski definition) is 1. The number of fused-ring (bicyclic) bond motifs is 1. The van der Waals surface area contributed by atoms with E-state index in [1.54, 1.807) is 18.3 Å². The van der Waals surface area contributed by atoms with Crippen LogP contribution in [0.15, 0.2) is 48.7 Å². The molecule has 0 saturated carbocycles. The Morgan fingerprint density at radius 2 is 1.81 bits per heavy atom. The monoisotopic (exact) mass is 279 g/mol. The van der Waals surface area contributed by atoms with Gasteiger partial charge in [0.05, 0.1) is 5.69 Å². The molecule has 1 atom stereocenters. The number of pyridine rings is 1. The summed E-state index contributed by atoms with van der Waals surface area (Å²) in [5.74, 6) is -1.65. The number of aryl methyl sites for hydroxylation is 2. The molecule has 0 saturated heterocycles. The Labute approximate surface area is 132 Å². The van der Waals surface area contributed by atoms with Gasteiger partial charge in [0.1, 0.15) is 0 Å². The van der Waals surface area contributed by atoms with E-state index < -0.39 is 12.7 Å². The summed E-state index contributed by atoms with van der Waals surface area (Å²) >= 11 is 0. The highest BCUT2D eigenvalue weighted by Gasteiger charge is 2.08. The second kappa shape index (κ2) is 5.33. The molecule has 0 radical (unpaired) electrons. The Balaban J connectivity index is 2.19. The van der Waals surface area contributed by atoms with E-state index in [-0.39, 0.29) is 0 Å². The van der Waals surface area contributed by atoms with E-state index in [2.05, 4.69) is 37.0 Å². The lowest BCUT2D eigenvalue weighted by Crippen LogP contribution is -1.91. The molecule has 0 N–H and O–H groups in total. The van der Waals surface area contributed by atoms with Crippen LogP contribution in [0.5, 0.6) is 0 Å². The van der Waals surface area contributed by atoms with Gasteiger partial charge in [0.15, 0.2) is 0 Å². The molecule has 1 unspecified atom stereocenters. The van der Waals surface area contributed by atoms with Gasteiger partial charge in [-0.3, -0.25) is 4.98 Å². The van der Waals surface area contributed by atoms with Crippen LogP contribution in [0.4, 0.5) is 0 Å². The van der Waals surface area contributed by atoms with Gasteiger partial charge in [-0.15, -0.1) is 0 Å². The van der Waals surface area contributed by atoms with Gasteiger partial charge in [0.2, 0.25) is 0 Å².